The molecule has 5 heteroatoms. The van der Waals surface area contributed by atoms with Gasteiger partial charge in [-0.1, -0.05) is 48.0 Å². The summed E-state index contributed by atoms with van der Waals surface area (Å²) in [6.45, 7) is 2.23. The molecule has 3 aromatic carbocycles. The summed E-state index contributed by atoms with van der Waals surface area (Å²) in [6, 6.07) is 24.4. The number of rotatable bonds is 6. The number of hydrogen-bond donors (Lipinski definition) is 1. The van der Waals surface area contributed by atoms with Gasteiger partial charge in [-0.15, -0.1) is 0 Å². The molecule has 0 aliphatic carbocycles. The predicted octanol–water partition coefficient (Wildman–Crippen LogP) is 5.48. The lowest BCUT2D eigenvalue weighted by Crippen LogP contribution is -2.13. The molecule has 1 amide bonds. The van der Waals surface area contributed by atoms with Crippen LogP contribution >= 0.6 is 0 Å². The van der Waals surface area contributed by atoms with Crippen LogP contribution in [0.1, 0.15) is 21.6 Å². The van der Waals surface area contributed by atoms with Crippen LogP contribution in [0.3, 0.4) is 0 Å². The van der Waals surface area contributed by atoms with Gasteiger partial charge >= 0.3 is 0 Å². The average Bonchev–Trinajstić information content (AvgIpc) is 3.23. The van der Waals surface area contributed by atoms with Crippen LogP contribution < -0.4 is 10.1 Å². The van der Waals surface area contributed by atoms with Crippen LogP contribution in [0, 0.1) is 6.92 Å². The highest BCUT2D eigenvalue weighted by Crippen LogP contribution is 2.23. The van der Waals surface area contributed by atoms with Crippen LogP contribution in [0.4, 0.5) is 5.69 Å². The van der Waals surface area contributed by atoms with Crippen molar-refractivity contribution in [1.29, 1.82) is 0 Å². The highest BCUT2D eigenvalue weighted by Gasteiger charge is 2.14. The lowest BCUT2D eigenvalue weighted by molar-refractivity contribution is 0.102. The number of ether oxygens (including phenoxy) is 1. The number of carbonyl (C=O) groups is 1. The van der Waals surface area contributed by atoms with E-state index in [1.165, 1.54) is 5.56 Å². The Morgan fingerprint density at radius 2 is 1.69 bits per heavy atom. The monoisotopic (exact) mass is 384 g/mol. The predicted molar refractivity (Wildman–Crippen MR) is 112 cm³/mol. The maximum atomic E-state index is 12.6. The number of nitrogens with zero attached hydrogens (tertiary/aromatic N) is 1. The van der Waals surface area contributed by atoms with E-state index in [9.17, 15) is 4.79 Å². The molecule has 0 saturated carbocycles. The van der Waals surface area contributed by atoms with Gasteiger partial charge in [-0.3, -0.25) is 4.79 Å². The number of oxazole rings is 1. The molecule has 0 atom stereocenters. The Hall–Kier alpha value is -3.86. The standard InChI is InChI=1S/C24H20N2O3/c1-17-11-13-18(14-12-17)24-26-20(16-29-24)15-28-22-10-6-5-9-21(22)23(27)25-19-7-3-2-4-8-19/h2-14,16H,15H2,1H3,(H,25,27). The van der Waals surface area contributed by atoms with E-state index in [2.05, 4.69) is 10.3 Å². The second-order valence-electron chi connectivity index (χ2n) is 6.62. The van der Waals surface area contributed by atoms with Crippen LogP contribution in [0.15, 0.2) is 89.5 Å². The van der Waals surface area contributed by atoms with Gasteiger partial charge in [-0.05, 0) is 43.3 Å². The minimum absolute atomic E-state index is 0.199. The van der Waals surface area contributed by atoms with Crippen LogP contribution in [-0.4, -0.2) is 10.9 Å². The number of benzene rings is 3. The van der Waals surface area contributed by atoms with Crippen molar-refractivity contribution in [2.24, 2.45) is 0 Å². The molecule has 0 spiro atoms. The molecule has 1 aromatic heterocycles. The first-order chi connectivity index (χ1) is 14.2. The summed E-state index contributed by atoms with van der Waals surface area (Å²) in [7, 11) is 0. The first-order valence-corrected chi connectivity index (χ1v) is 9.29. The molecule has 0 aliphatic heterocycles. The van der Waals surface area contributed by atoms with Crippen LogP contribution in [0.2, 0.25) is 0 Å². The first-order valence-electron chi connectivity index (χ1n) is 9.29. The molecule has 144 valence electrons. The van der Waals surface area contributed by atoms with E-state index in [0.29, 0.717) is 22.9 Å². The van der Waals surface area contributed by atoms with Crippen molar-refractivity contribution in [1.82, 2.24) is 4.98 Å². The fourth-order valence-corrected chi connectivity index (χ4v) is 2.85. The van der Waals surface area contributed by atoms with Gasteiger partial charge in [-0.2, -0.15) is 0 Å². The average molecular weight is 384 g/mol. The van der Waals surface area contributed by atoms with Crippen molar-refractivity contribution in [3.05, 3.63) is 102 Å². The van der Waals surface area contributed by atoms with E-state index >= 15 is 0 Å². The number of hydrogen-bond acceptors (Lipinski definition) is 4. The quantitative estimate of drug-likeness (QED) is 0.478. The van der Waals surface area contributed by atoms with E-state index in [4.69, 9.17) is 9.15 Å². The largest absolute Gasteiger partial charge is 0.486 e. The number of para-hydroxylation sites is 2. The summed E-state index contributed by atoms with van der Waals surface area (Å²) >= 11 is 0. The molecular weight excluding hydrogens is 364 g/mol. The van der Waals surface area contributed by atoms with Gasteiger partial charge in [0.1, 0.15) is 24.3 Å². The number of anilines is 1. The molecule has 4 rings (SSSR count). The summed E-state index contributed by atoms with van der Waals surface area (Å²) in [5, 5.41) is 2.87. The van der Waals surface area contributed by atoms with Gasteiger partial charge in [0, 0.05) is 11.3 Å². The molecule has 0 unspecified atom stereocenters. The molecule has 0 radical (unpaired) electrons. The molecule has 29 heavy (non-hydrogen) atoms. The highest BCUT2D eigenvalue weighted by molar-refractivity contribution is 6.06. The van der Waals surface area contributed by atoms with E-state index in [0.717, 1.165) is 11.3 Å². The smallest absolute Gasteiger partial charge is 0.259 e. The Bertz CT molecular complexity index is 1100. The van der Waals surface area contributed by atoms with Gasteiger partial charge < -0.3 is 14.5 Å². The Morgan fingerprint density at radius 3 is 2.48 bits per heavy atom. The van der Waals surface area contributed by atoms with Crippen molar-refractivity contribution >= 4 is 11.6 Å². The fraction of sp³-hybridized carbons (Fsp3) is 0.0833. The molecular formula is C24H20N2O3. The van der Waals surface area contributed by atoms with Crippen molar-refractivity contribution in [2.45, 2.75) is 13.5 Å². The van der Waals surface area contributed by atoms with Crippen LogP contribution in [0.25, 0.3) is 11.5 Å². The summed E-state index contributed by atoms with van der Waals surface area (Å²) in [5.74, 6) is 0.798. The highest BCUT2D eigenvalue weighted by atomic mass is 16.5. The van der Waals surface area contributed by atoms with Gasteiger partial charge in [0.2, 0.25) is 5.89 Å². The summed E-state index contributed by atoms with van der Waals surface area (Å²) in [5.41, 5.74) is 3.92. The Kier molecular flexibility index (Phi) is 5.38. The second-order valence-corrected chi connectivity index (χ2v) is 6.62. The number of carbonyl (C=O) groups excluding carboxylic acids is 1. The zero-order valence-electron chi connectivity index (χ0n) is 16.0. The Labute approximate surface area is 169 Å². The molecule has 4 aromatic rings. The molecule has 1 N–H and O–H groups in total. The van der Waals surface area contributed by atoms with Gasteiger partial charge in [0.25, 0.3) is 5.91 Å². The lowest BCUT2D eigenvalue weighted by atomic mass is 10.1. The second kappa shape index (κ2) is 8.44. The fourth-order valence-electron chi connectivity index (χ4n) is 2.85. The lowest BCUT2D eigenvalue weighted by Gasteiger charge is -2.10. The number of nitrogens with one attached hydrogen (secondary N) is 1. The minimum atomic E-state index is -0.229. The topological polar surface area (TPSA) is 64.4 Å². The van der Waals surface area contributed by atoms with Crippen molar-refractivity contribution in [3.8, 4) is 17.2 Å². The van der Waals surface area contributed by atoms with Gasteiger partial charge in [0.15, 0.2) is 0 Å². The van der Waals surface area contributed by atoms with E-state index in [1.54, 1.807) is 24.5 Å². The van der Waals surface area contributed by atoms with E-state index < -0.39 is 0 Å². The third kappa shape index (κ3) is 4.52. The number of aromatic nitrogens is 1. The van der Waals surface area contributed by atoms with Gasteiger partial charge in [0.05, 0.1) is 5.56 Å². The summed E-state index contributed by atoms with van der Waals surface area (Å²) in [6.07, 6.45) is 1.57. The van der Waals surface area contributed by atoms with E-state index in [1.807, 2.05) is 67.6 Å². The first kappa shape index (κ1) is 18.5. The Morgan fingerprint density at radius 1 is 0.966 bits per heavy atom. The van der Waals surface area contributed by atoms with Crippen molar-refractivity contribution in [2.75, 3.05) is 5.32 Å². The van der Waals surface area contributed by atoms with Crippen molar-refractivity contribution < 1.29 is 13.9 Å². The molecule has 0 aliphatic rings. The number of amides is 1. The zero-order chi connectivity index (χ0) is 20.1. The molecule has 1 heterocycles. The normalized spacial score (nSPS) is 10.5. The third-order valence-electron chi connectivity index (χ3n) is 4.39. The SMILES string of the molecule is Cc1ccc(-c2nc(COc3ccccc3C(=O)Nc3ccccc3)co2)cc1. The maximum absolute atomic E-state index is 12.6. The van der Waals surface area contributed by atoms with Crippen molar-refractivity contribution in [3.63, 3.8) is 0 Å². The molecule has 5 nitrogen and oxygen atoms in total. The molecule has 0 bridgehead atoms. The van der Waals surface area contributed by atoms with Crippen LogP contribution in [0.5, 0.6) is 5.75 Å². The summed E-state index contributed by atoms with van der Waals surface area (Å²) < 4.78 is 11.4. The van der Waals surface area contributed by atoms with Crippen LogP contribution in [-0.2, 0) is 6.61 Å². The third-order valence-corrected chi connectivity index (χ3v) is 4.39. The molecule has 0 fully saturated rings. The van der Waals surface area contributed by atoms with E-state index in [-0.39, 0.29) is 12.5 Å². The zero-order valence-corrected chi connectivity index (χ0v) is 16.0. The molecule has 0 saturated heterocycles. The maximum Gasteiger partial charge on any atom is 0.259 e. The minimum Gasteiger partial charge on any atom is -0.486 e. The summed E-state index contributed by atoms with van der Waals surface area (Å²) in [4.78, 5) is 17.1. The van der Waals surface area contributed by atoms with Gasteiger partial charge in [-0.25, -0.2) is 4.98 Å². The number of aryl methyl sites for hydroxylation is 1. The Balaban J connectivity index is 1.45.